The summed E-state index contributed by atoms with van der Waals surface area (Å²) < 4.78 is 5.34. The van der Waals surface area contributed by atoms with Crippen LogP contribution in [0.4, 0.5) is 5.69 Å². The van der Waals surface area contributed by atoms with Crippen molar-refractivity contribution in [3.8, 4) is 5.75 Å². The number of nitrogens with zero attached hydrogens (tertiary/aromatic N) is 1. The number of Topliss-reactive ketones (excluding diaryl/α,β-unsaturated/α-hetero) is 1. The molecule has 2 aromatic rings. The van der Waals surface area contributed by atoms with E-state index < -0.39 is 4.92 Å². The van der Waals surface area contributed by atoms with E-state index in [9.17, 15) is 14.9 Å². The number of non-ortho nitro benzene ring substituents is 1. The molecular weight excluding hydrogens is 258 g/mol. The normalized spacial score (nSPS) is 10.1. The first-order valence-electron chi connectivity index (χ1n) is 6.04. The molecule has 0 unspecified atom stereocenters. The van der Waals surface area contributed by atoms with Gasteiger partial charge in [0.2, 0.25) is 0 Å². The predicted octanol–water partition coefficient (Wildman–Crippen LogP) is 3.16. The molecule has 0 saturated carbocycles. The number of aryl methyl sites for hydroxylation is 1. The molecule has 0 heterocycles. The highest BCUT2D eigenvalue weighted by Crippen LogP contribution is 2.17. The summed E-state index contributed by atoms with van der Waals surface area (Å²) in [6.07, 6.45) is 0. The molecule has 2 rings (SSSR count). The van der Waals surface area contributed by atoms with E-state index in [1.807, 2.05) is 19.1 Å². The van der Waals surface area contributed by atoms with Crippen LogP contribution in [0.1, 0.15) is 15.9 Å². The third kappa shape index (κ3) is 3.20. The van der Waals surface area contributed by atoms with Crippen LogP contribution in [0.3, 0.4) is 0 Å². The van der Waals surface area contributed by atoms with E-state index in [4.69, 9.17) is 4.74 Å². The summed E-state index contributed by atoms with van der Waals surface area (Å²) >= 11 is 0. The van der Waals surface area contributed by atoms with Gasteiger partial charge in [-0.2, -0.15) is 0 Å². The molecule has 0 aliphatic rings. The van der Waals surface area contributed by atoms with Gasteiger partial charge in [-0.25, -0.2) is 0 Å². The molecule has 0 spiro atoms. The van der Waals surface area contributed by atoms with E-state index in [1.54, 1.807) is 12.1 Å². The number of carbonyl (C=O) groups excluding carboxylic acids is 1. The maximum absolute atomic E-state index is 12.0. The molecule has 2 aromatic carbocycles. The van der Waals surface area contributed by atoms with Crippen LogP contribution in [-0.2, 0) is 0 Å². The second-order valence-corrected chi connectivity index (χ2v) is 4.28. The van der Waals surface area contributed by atoms with Crippen LogP contribution < -0.4 is 4.74 Å². The average molecular weight is 271 g/mol. The summed E-state index contributed by atoms with van der Waals surface area (Å²) in [5, 5.41) is 10.5. The summed E-state index contributed by atoms with van der Waals surface area (Å²) in [6, 6.07) is 12.9. The third-order valence-electron chi connectivity index (χ3n) is 2.86. The van der Waals surface area contributed by atoms with Crippen LogP contribution in [0.25, 0.3) is 0 Å². The Morgan fingerprint density at radius 3 is 2.40 bits per heavy atom. The lowest BCUT2D eigenvalue weighted by molar-refractivity contribution is -0.384. The van der Waals surface area contributed by atoms with Gasteiger partial charge in [-0.15, -0.1) is 0 Å². The van der Waals surface area contributed by atoms with E-state index in [-0.39, 0.29) is 18.1 Å². The Hall–Kier alpha value is -2.69. The van der Waals surface area contributed by atoms with Gasteiger partial charge >= 0.3 is 0 Å². The maximum atomic E-state index is 12.0. The highest BCUT2D eigenvalue weighted by Gasteiger charge is 2.10. The summed E-state index contributed by atoms with van der Waals surface area (Å²) in [4.78, 5) is 22.0. The Kier molecular flexibility index (Phi) is 4.10. The quantitative estimate of drug-likeness (QED) is 0.476. The fourth-order valence-electron chi connectivity index (χ4n) is 1.78. The molecule has 0 aliphatic carbocycles. The van der Waals surface area contributed by atoms with Crippen LogP contribution in [0.15, 0.2) is 48.5 Å². The fraction of sp³-hybridized carbons (Fsp3) is 0.133. The standard InChI is InChI=1S/C15H13NO4/c1-11-4-2-3-5-14(11)15(17)10-20-13-8-6-12(7-9-13)16(18)19/h2-9H,10H2,1H3. The van der Waals surface area contributed by atoms with Crippen LogP contribution in [0.2, 0.25) is 0 Å². The number of carbonyl (C=O) groups is 1. The molecule has 20 heavy (non-hydrogen) atoms. The zero-order valence-corrected chi connectivity index (χ0v) is 10.9. The molecule has 0 bridgehead atoms. The molecule has 0 fully saturated rings. The van der Waals surface area contributed by atoms with Gasteiger partial charge in [-0.1, -0.05) is 24.3 Å². The first-order valence-corrected chi connectivity index (χ1v) is 6.04. The lowest BCUT2D eigenvalue weighted by Gasteiger charge is -2.07. The third-order valence-corrected chi connectivity index (χ3v) is 2.86. The maximum Gasteiger partial charge on any atom is 0.269 e. The fourth-order valence-corrected chi connectivity index (χ4v) is 1.78. The molecule has 0 aromatic heterocycles. The van der Waals surface area contributed by atoms with Crippen LogP contribution in [0.5, 0.6) is 5.75 Å². The first kappa shape index (κ1) is 13.7. The lowest BCUT2D eigenvalue weighted by Crippen LogP contribution is -2.12. The van der Waals surface area contributed by atoms with Crippen LogP contribution >= 0.6 is 0 Å². The van der Waals surface area contributed by atoms with Crippen molar-refractivity contribution in [3.63, 3.8) is 0 Å². The number of hydrogen-bond donors (Lipinski definition) is 0. The molecule has 5 nitrogen and oxygen atoms in total. The number of nitro benzene ring substituents is 1. The van der Waals surface area contributed by atoms with E-state index in [0.717, 1.165) is 5.56 Å². The number of ether oxygens (including phenoxy) is 1. The Bertz CT molecular complexity index is 635. The zero-order valence-electron chi connectivity index (χ0n) is 10.9. The molecule has 5 heteroatoms. The van der Waals surface area contributed by atoms with E-state index in [0.29, 0.717) is 11.3 Å². The highest BCUT2D eigenvalue weighted by molar-refractivity contribution is 5.98. The van der Waals surface area contributed by atoms with Crippen molar-refractivity contribution in [2.24, 2.45) is 0 Å². The summed E-state index contributed by atoms with van der Waals surface area (Å²) in [7, 11) is 0. The van der Waals surface area contributed by atoms with Crippen molar-refractivity contribution >= 4 is 11.5 Å². The van der Waals surface area contributed by atoms with Gasteiger partial charge in [0, 0.05) is 17.7 Å². The number of nitro groups is 1. The minimum Gasteiger partial charge on any atom is -0.485 e. The van der Waals surface area contributed by atoms with Gasteiger partial charge in [0.15, 0.2) is 12.4 Å². The van der Waals surface area contributed by atoms with Crippen molar-refractivity contribution in [1.29, 1.82) is 0 Å². The van der Waals surface area contributed by atoms with Crippen molar-refractivity contribution in [1.82, 2.24) is 0 Å². The topological polar surface area (TPSA) is 69.4 Å². The van der Waals surface area contributed by atoms with E-state index in [2.05, 4.69) is 0 Å². The Labute approximate surface area is 116 Å². The Morgan fingerprint density at radius 2 is 1.80 bits per heavy atom. The molecule has 0 amide bonds. The minimum absolute atomic E-state index is 0.0115. The molecule has 102 valence electrons. The van der Waals surface area contributed by atoms with Gasteiger partial charge in [-0.3, -0.25) is 14.9 Å². The molecule has 0 aliphatic heterocycles. The highest BCUT2D eigenvalue weighted by atomic mass is 16.6. The van der Waals surface area contributed by atoms with Crippen molar-refractivity contribution in [2.45, 2.75) is 6.92 Å². The Balaban J connectivity index is 2.00. The average Bonchev–Trinajstić information content (AvgIpc) is 2.45. The van der Waals surface area contributed by atoms with E-state index in [1.165, 1.54) is 24.3 Å². The molecule has 0 N–H and O–H groups in total. The molecule has 0 radical (unpaired) electrons. The second kappa shape index (κ2) is 5.97. The van der Waals surface area contributed by atoms with Crippen LogP contribution in [-0.4, -0.2) is 17.3 Å². The molecular formula is C15H13NO4. The van der Waals surface area contributed by atoms with Gasteiger partial charge in [-0.05, 0) is 24.6 Å². The SMILES string of the molecule is Cc1ccccc1C(=O)COc1ccc([N+](=O)[O-])cc1. The summed E-state index contributed by atoms with van der Waals surface area (Å²) in [5.41, 5.74) is 1.50. The van der Waals surface area contributed by atoms with Crippen molar-refractivity contribution < 1.29 is 14.5 Å². The summed E-state index contributed by atoms with van der Waals surface area (Å²) in [6.45, 7) is 1.77. The largest absolute Gasteiger partial charge is 0.485 e. The molecule has 0 atom stereocenters. The second-order valence-electron chi connectivity index (χ2n) is 4.28. The van der Waals surface area contributed by atoms with E-state index >= 15 is 0 Å². The van der Waals surface area contributed by atoms with Crippen molar-refractivity contribution in [3.05, 3.63) is 69.8 Å². The lowest BCUT2D eigenvalue weighted by atomic mass is 10.1. The number of benzene rings is 2. The first-order chi connectivity index (χ1) is 9.58. The zero-order chi connectivity index (χ0) is 14.5. The minimum atomic E-state index is -0.484. The molecule has 0 saturated heterocycles. The number of rotatable bonds is 5. The monoisotopic (exact) mass is 271 g/mol. The summed E-state index contributed by atoms with van der Waals surface area (Å²) in [5.74, 6) is 0.305. The van der Waals surface area contributed by atoms with Gasteiger partial charge < -0.3 is 4.74 Å². The van der Waals surface area contributed by atoms with Gasteiger partial charge in [0.1, 0.15) is 5.75 Å². The van der Waals surface area contributed by atoms with Crippen molar-refractivity contribution in [2.75, 3.05) is 6.61 Å². The smallest absolute Gasteiger partial charge is 0.269 e. The Morgan fingerprint density at radius 1 is 1.15 bits per heavy atom. The van der Waals surface area contributed by atoms with Crippen LogP contribution in [0, 0.1) is 17.0 Å². The number of ketones is 1. The predicted molar refractivity (Wildman–Crippen MR) is 74.1 cm³/mol. The number of hydrogen-bond acceptors (Lipinski definition) is 4. The van der Waals surface area contributed by atoms with Gasteiger partial charge in [0.25, 0.3) is 5.69 Å². The van der Waals surface area contributed by atoms with Gasteiger partial charge in [0.05, 0.1) is 4.92 Å².